The van der Waals surface area contributed by atoms with E-state index in [0.717, 1.165) is 5.56 Å². The summed E-state index contributed by atoms with van der Waals surface area (Å²) in [7, 11) is 0. The van der Waals surface area contributed by atoms with Gasteiger partial charge in [0.2, 0.25) is 0 Å². The van der Waals surface area contributed by atoms with E-state index < -0.39 is 22.5 Å². The van der Waals surface area contributed by atoms with Crippen LogP contribution >= 0.6 is 0 Å². The van der Waals surface area contributed by atoms with Crippen molar-refractivity contribution in [3.05, 3.63) is 82.2 Å². The number of anilines is 1. The van der Waals surface area contributed by atoms with Gasteiger partial charge in [0.05, 0.1) is 17.2 Å². The zero-order chi connectivity index (χ0) is 24.9. The van der Waals surface area contributed by atoms with Crippen molar-refractivity contribution in [3.63, 3.8) is 0 Å². The highest BCUT2D eigenvalue weighted by molar-refractivity contribution is 6.03. The number of amides is 2. The Kier molecular flexibility index (Phi) is 7.30. The van der Waals surface area contributed by atoms with Crippen molar-refractivity contribution in [3.8, 4) is 5.69 Å². The van der Waals surface area contributed by atoms with Crippen LogP contribution in [0.3, 0.4) is 0 Å². The van der Waals surface area contributed by atoms with Gasteiger partial charge in [-0.05, 0) is 57.5 Å². The summed E-state index contributed by atoms with van der Waals surface area (Å²) in [6, 6.07) is 14.6. The van der Waals surface area contributed by atoms with Gasteiger partial charge in [0.1, 0.15) is 5.60 Å². The Bertz CT molecular complexity index is 1180. The van der Waals surface area contributed by atoms with Crippen LogP contribution in [-0.4, -0.2) is 43.7 Å². The zero-order valence-electron chi connectivity index (χ0n) is 19.5. The number of non-ortho nitro benzene ring substituents is 1. The third-order valence-corrected chi connectivity index (χ3v) is 4.81. The number of nitro benzene ring substituents is 1. The molecule has 0 spiro atoms. The summed E-state index contributed by atoms with van der Waals surface area (Å²) in [6.45, 7) is 7.99. The second kappa shape index (κ2) is 10.2. The molecule has 0 saturated carbocycles. The number of nitro groups is 1. The Hall–Kier alpha value is -4.21. The number of hydrogen-bond acceptors (Lipinski definition) is 6. The molecule has 10 heteroatoms. The predicted molar refractivity (Wildman–Crippen MR) is 127 cm³/mol. The van der Waals surface area contributed by atoms with Crippen molar-refractivity contribution in [2.45, 2.75) is 39.8 Å². The average molecular weight is 466 g/mol. The predicted octanol–water partition coefficient (Wildman–Crippen LogP) is 4.79. The first-order valence-corrected chi connectivity index (χ1v) is 10.7. The number of hydrogen-bond donors (Lipinski definition) is 1. The number of rotatable bonds is 7. The van der Waals surface area contributed by atoms with Crippen molar-refractivity contribution in [1.82, 2.24) is 14.7 Å². The normalized spacial score (nSPS) is 11.1. The first-order chi connectivity index (χ1) is 16.1. The Morgan fingerprint density at radius 2 is 1.79 bits per heavy atom. The lowest BCUT2D eigenvalue weighted by atomic mass is 10.1. The highest BCUT2D eigenvalue weighted by Gasteiger charge is 2.22. The number of benzene rings is 2. The lowest BCUT2D eigenvalue weighted by Gasteiger charge is -2.27. The van der Waals surface area contributed by atoms with Gasteiger partial charge in [-0.3, -0.25) is 14.9 Å². The van der Waals surface area contributed by atoms with E-state index in [2.05, 4.69) is 10.4 Å². The van der Waals surface area contributed by atoms with E-state index in [9.17, 15) is 19.7 Å². The highest BCUT2D eigenvalue weighted by atomic mass is 16.6. The minimum absolute atomic E-state index is 0.0296. The molecule has 0 fully saturated rings. The molecule has 1 heterocycles. The summed E-state index contributed by atoms with van der Waals surface area (Å²) in [5.41, 5.74) is 1.42. The number of ether oxygens (including phenoxy) is 1. The monoisotopic (exact) mass is 465 g/mol. The van der Waals surface area contributed by atoms with E-state index in [0.29, 0.717) is 17.9 Å². The van der Waals surface area contributed by atoms with E-state index >= 15 is 0 Å². The Morgan fingerprint density at radius 3 is 2.41 bits per heavy atom. The molecule has 2 aromatic carbocycles. The molecule has 178 valence electrons. The summed E-state index contributed by atoms with van der Waals surface area (Å²) < 4.78 is 6.93. The average Bonchev–Trinajstić information content (AvgIpc) is 3.28. The number of para-hydroxylation sites is 1. The van der Waals surface area contributed by atoms with E-state index in [-0.39, 0.29) is 17.9 Å². The van der Waals surface area contributed by atoms with Crippen molar-refractivity contribution in [2.75, 3.05) is 11.9 Å². The van der Waals surface area contributed by atoms with Crippen LogP contribution < -0.4 is 5.32 Å². The summed E-state index contributed by atoms with van der Waals surface area (Å²) in [5.74, 6) is -0.423. The van der Waals surface area contributed by atoms with Gasteiger partial charge in [-0.1, -0.05) is 18.2 Å². The number of aromatic nitrogens is 2. The van der Waals surface area contributed by atoms with Crippen molar-refractivity contribution >= 4 is 23.4 Å². The van der Waals surface area contributed by atoms with E-state index in [1.165, 1.54) is 16.8 Å². The first-order valence-electron chi connectivity index (χ1n) is 10.7. The van der Waals surface area contributed by atoms with Gasteiger partial charge in [0.15, 0.2) is 5.69 Å². The number of nitrogens with zero attached hydrogens (tertiary/aromatic N) is 4. The molecule has 0 unspecified atom stereocenters. The number of carbonyl (C=O) groups is 2. The van der Waals surface area contributed by atoms with E-state index in [1.54, 1.807) is 41.4 Å². The van der Waals surface area contributed by atoms with Gasteiger partial charge in [-0.2, -0.15) is 5.10 Å². The van der Waals surface area contributed by atoms with Crippen LogP contribution in [0.25, 0.3) is 5.69 Å². The van der Waals surface area contributed by atoms with E-state index in [1.807, 2.05) is 39.8 Å². The Labute approximate surface area is 197 Å². The minimum atomic E-state index is -0.610. The maximum atomic E-state index is 12.8. The van der Waals surface area contributed by atoms with Crippen LogP contribution in [0.1, 0.15) is 43.7 Å². The number of carbonyl (C=O) groups excluding carboxylic acids is 2. The maximum Gasteiger partial charge on any atom is 0.410 e. The van der Waals surface area contributed by atoms with Crippen molar-refractivity contribution in [1.29, 1.82) is 0 Å². The summed E-state index contributed by atoms with van der Waals surface area (Å²) >= 11 is 0. The third-order valence-electron chi connectivity index (χ3n) is 4.81. The van der Waals surface area contributed by atoms with Crippen LogP contribution in [0.15, 0.2) is 60.8 Å². The molecule has 1 aromatic heterocycles. The highest BCUT2D eigenvalue weighted by Crippen LogP contribution is 2.20. The number of nitrogens with one attached hydrogen (secondary N) is 1. The van der Waals surface area contributed by atoms with E-state index in [4.69, 9.17) is 4.74 Å². The standard InChI is InChI=1S/C24H27N5O5/c1-5-27(23(31)34-24(2,3)4)16-17-8-6-7-9-20(17)25-22(30)21-14-15-28(26-21)18-10-12-19(13-11-18)29(32)33/h6-15H,5,16H2,1-4H3,(H,25,30). The first kappa shape index (κ1) is 24.4. The van der Waals surface area contributed by atoms with Gasteiger partial charge in [-0.25, -0.2) is 9.48 Å². The molecule has 3 rings (SSSR count). The lowest BCUT2D eigenvalue weighted by molar-refractivity contribution is -0.384. The van der Waals surface area contributed by atoms with Crippen LogP contribution in [0.5, 0.6) is 0 Å². The molecule has 0 bridgehead atoms. The van der Waals surface area contributed by atoms with Crippen LogP contribution in [0, 0.1) is 10.1 Å². The lowest BCUT2D eigenvalue weighted by Crippen LogP contribution is -2.36. The van der Waals surface area contributed by atoms with Crippen LogP contribution in [0.2, 0.25) is 0 Å². The smallest absolute Gasteiger partial charge is 0.410 e. The molecule has 0 aliphatic heterocycles. The fourth-order valence-electron chi connectivity index (χ4n) is 3.12. The third kappa shape index (κ3) is 6.18. The van der Waals surface area contributed by atoms with Crippen LogP contribution in [0.4, 0.5) is 16.2 Å². The Balaban J connectivity index is 1.74. The quantitative estimate of drug-likeness (QED) is 0.396. The zero-order valence-corrected chi connectivity index (χ0v) is 19.5. The summed E-state index contributed by atoms with van der Waals surface area (Å²) in [5, 5.41) is 18.0. The van der Waals surface area contributed by atoms with Crippen LogP contribution in [-0.2, 0) is 11.3 Å². The molecule has 0 saturated heterocycles. The molecule has 1 N–H and O–H groups in total. The second-order valence-corrected chi connectivity index (χ2v) is 8.52. The molecule has 0 aliphatic carbocycles. The van der Waals surface area contributed by atoms with Gasteiger partial charge in [0, 0.05) is 30.6 Å². The molecule has 0 aliphatic rings. The molecular weight excluding hydrogens is 438 g/mol. The SMILES string of the molecule is CCN(Cc1ccccc1NC(=O)c1ccn(-c2ccc([N+](=O)[O-])cc2)n1)C(=O)OC(C)(C)C. The fraction of sp³-hybridized carbons (Fsp3) is 0.292. The summed E-state index contributed by atoms with van der Waals surface area (Å²) in [6.07, 6.45) is 1.17. The topological polar surface area (TPSA) is 120 Å². The van der Waals surface area contributed by atoms with Gasteiger partial charge >= 0.3 is 6.09 Å². The molecule has 10 nitrogen and oxygen atoms in total. The summed E-state index contributed by atoms with van der Waals surface area (Å²) in [4.78, 5) is 37.3. The van der Waals surface area contributed by atoms with Crippen molar-refractivity contribution in [2.24, 2.45) is 0 Å². The van der Waals surface area contributed by atoms with Gasteiger partial charge in [-0.15, -0.1) is 0 Å². The van der Waals surface area contributed by atoms with Gasteiger partial charge < -0.3 is 15.0 Å². The molecular formula is C24H27N5O5. The molecule has 2 amide bonds. The minimum Gasteiger partial charge on any atom is -0.444 e. The molecule has 0 atom stereocenters. The van der Waals surface area contributed by atoms with Gasteiger partial charge in [0.25, 0.3) is 11.6 Å². The van der Waals surface area contributed by atoms with Crippen molar-refractivity contribution < 1.29 is 19.2 Å². The maximum absolute atomic E-state index is 12.8. The Morgan fingerprint density at radius 1 is 1.12 bits per heavy atom. The fourth-order valence-corrected chi connectivity index (χ4v) is 3.12. The largest absolute Gasteiger partial charge is 0.444 e. The molecule has 0 radical (unpaired) electrons. The molecule has 3 aromatic rings. The molecule has 34 heavy (non-hydrogen) atoms. The second-order valence-electron chi connectivity index (χ2n) is 8.52.